The fourth-order valence-corrected chi connectivity index (χ4v) is 8.73. The molecule has 0 aromatic rings. The Morgan fingerprint density at radius 3 is 1.40 bits per heavy atom. The molecule has 1 amide bonds. The Morgan fingerprint density at radius 1 is 0.474 bits per heavy atom. The molecule has 0 saturated heterocycles. The average molecular weight is 1100 g/mol. The normalized spacial score (nSPS) is 14.7. The Kier molecular flexibility index (Phi) is 53.2. The number of rotatable bonds is 53. The highest BCUT2D eigenvalue weighted by atomic mass is 31.2. The topological polar surface area (TPSA) is 111 Å². The van der Waals surface area contributed by atoms with E-state index >= 15 is 0 Å². The second-order valence-corrected chi connectivity index (χ2v) is 22.7. The van der Waals surface area contributed by atoms with Gasteiger partial charge in [0, 0.05) is 12.8 Å². The maximum absolute atomic E-state index is 13.5. The lowest BCUT2D eigenvalue weighted by Gasteiger charge is -2.27. The van der Waals surface area contributed by atoms with Gasteiger partial charge in [0.2, 0.25) is 5.91 Å². The molecule has 78 heavy (non-hydrogen) atoms. The minimum atomic E-state index is -4.48. The number of carbonyl (C=O) groups excluding carboxylic acids is 2. The maximum Gasteiger partial charge on any atom is 0.472 e. The second-order valence-electron chi connectivity index (χ2n) is 21.3. The van der Waals surface area contributed by atoms with Crippen LogP contribution in [0.1, 0.15) is 220 Å². The summed E-state index contributed by atoms with van der Waals surface area (Å²) in [6.07, 6.45) is 81.3. The van der Waals surface area contributed by atoms with Gasteiger partial charge in [-0.3, -0.25) is 18.6 Å². The van der Waals surface area contributed by atoms with E-state index in [-0.39, 0.29) is 37.9 Å². The number of nitrogens with zero attached hydrogens (tertiary/aromatic N) is 1. The summed E-state index contributed by atoms with van der Waals surface area (Å²) in [4.78, 5) is 37.7. The Hall–Kier alpha value is -4.11. The summed E-state index contributed by atoms with van der Waals surface area (Å²) in [6, 6.07) is -0.888. The lowest BCUT2D eigenvalue weighted by Crippen LogP contribution is -2.47. The van der Waals surface area contributed by atoms with E-state index in [0.717, 1.165) is 103 Å². The van der Waals surface area contributed by atoms with Crippen molar-refractivity contribution in [3.8, 4) is 0 Å². The molecule has 0 saturated carbocycles. The van der Waals surface area contributed by atoms with Crippen molar-refractivity contribution >= 4 is 19.7 Å². The highest BCUT2D eigenvalue weighted by molar-refractivity contribution is 7.47. The number of carbonyl (C=O) groups is 2. The van der Waals surface area contributed by atoms with Crippen LogP contribution in [0.4, 0.5) is 0 Å². The number of likely N-dealkylation sites (N-methyl/N-ethyl adjacent to an activating group) is 1. The number of phosphoric ester groups is 1. The second kappa shape index (κ2) is 56.2. The van der Waals surface area contributed by atoms with Crippen LogP contribution >= 0.6 is 7.82 Å². The zero-order valence-corrected chi connectivity index (χ0v) is 51.2. The van der Waals surface area contributed by atoms with Crippen molar-refractivity contribution in [2.75, 3.05) is 40.9 Å². The maximum atomic E-state index is 13.5. The minimum absolute atomic E-state index is 0.0202. The molecule has 0 radical (unpaired) electrons. The fraction of sp³-hybridized carbons (Fsp3) is 0.618. The van der Waals surface area contributed by atoms with Gasteiger partial charge in [0.05, 0.1) is 33.8 Å². The van der Waals surface area contributed by atoms with Gasteiger partial charge in [-0.15, -0.1) is 0 Å². The third-order valence-corrected chi connectivity index (χ3v) is 13.7. The quantitative estimate of drug-likeness (QED) is 0.0156. The van der Waals surface area contributed by atoms with Crippen molar-refractivity contribution in [3.05, 3.63) is 146 Å². The Labute approximate surface area is 478 Å². The molecule has 2 N–H and O–H groups in total. The van der Waals surface area contributed by atoms with Crippen LogP contribution in [-0.4, -0.2) is 74.3 Å². The van der Waals surface area contributed by atoms with Crippen LogP contribution in [-0.2, 0) is 27.9 Å². The van der Waals surface area contributed by atoms with Crippen LogP contribution in [0.2, 0.25) is 0 Å². The summed E-state index contributed by atoms with van der Waals surface area (Å²) in [5.74, 6) is -0.581. The van der Waals surface area contributed by atoms with Gasteiger partial charge in [-0.2, -0.15) is 0 Å². The molecule has 10 heteroatoms. The van der Waals surface area contributed by atoms with Gasteiger partial charge in [0.15, 0.2) is 0 Å². The Morgan fingerprint density at radius 2 is 0.885 bits per heavy atom. The van der Waals surface area contributed by atoms with Crippen LogP contribution in [0, 0.1) is 0 Å². The number of phosphoric acid groups is 1. The molecular weight excluding hydrogens is 988 g/mol. The SMILES string of the molecule is CC\C=C/C=C/C=C/C=C\C=C\C=C\CCCCCC(=O)NC(COP(=O)(O)OCC[N+](C)(C)C)C(/C=C\CCCCCCCCCCCC)OC(=O)CCCCCCCCC/C=C\C/C=C\C/C=C\C/C=C\C/C=C\CC. The van der Waals surface area contributed by atoms with Crippen LogP contribution in [0.15, 0.2) is 146 Å². The van der Waals surface area contributed by atoms with E-state index in [1.165, 1.54) is 70.6 Å². The molecule has 0 fully saturated rings. The van der Waals surface area contributed by atoms with Crippen LogP contribution in [0.5, 0.6) is 0 Å². The van der Waals surface area contributed by atoms with Gasteiger partial charge >= 0.3 is 13.8 Å². The van der Waals surface area contributed by atoms with E-state index in [2.05, 4.69) is 99.0 Å². The molecular formula is C68H114N2O7P+. The third kappa shape index (κ3) is 56.6. The molecule has 0 aliphatic heterocycles. The number of esters is 1. The summed E-state index contributed by atoms with van der Waals surface area (Å²) in [5, 5.41) is 3.02. The number of amides is 1. The molecule has 0 spiro atoms. The van der Waals surface area contributed by atoms with Crippen LogP contribution in [0.25, 0.3) is 0 Å². The highest BCUT2D eigenvalue weighted by Crippen LogP contribution is 2.43. The van der Waals surface area contributed by atoms with E-state index < -0.39 is 20.0 Å². The molecule has 0 aliphatic rings. The molecule has 0 aromatic heterocycles. The van der Waals surface area contributed by atoms with Crippen molar-refractivity contribution in [1.82, 2.24) is 5.32 Å². The predicted molar refractivity (Wildman–Crippen MR) is 336 cm³/mol. The zero-order chi connectivity index (χ0) is 57.2. The first-order valence-electron chi connectivity index (χ1n) is 30.7. The standard InChI is InChI=1S/C68H113N2O7P/c1-7-10-13-16-19-22-25-28-30-32-33-34-35-36-37-39-41-43-46-49-52-55-58-61-68(72)77-66(59-56-53-50-47-44-27-24-21-18-15-12-9-3)65(64-76-78(73,74)75-63-62-70(4,5)6)69-67(71)60-57-54-51-48-45-42-40-38-31-29-26-23-20-17-14-11-8-2/h10-11,13-14,17,19-20,22-23,26,28-31,33-34,36-38,40,42,45,56,59,65-66H,7-9,12,15-16,18,21,24-25,27,32,35,39,41,43-44,46-55,57-58,60-64H2,1-6H3,(H-,69,71,73,74)/p+1/b13-10-,14-11-,20-17+,22-19-,26-23+,30-28-,31-29-,34-33-,37-36-,40-38+,45-42+,59-56-. The van der Waals surface area contributed by atoms with Gasteiger partial charge in [-0.1, -0.05) is 257 Å². The summed E-state index contributed by atoms with van der Waals surface area (Å²) >= 11 is 0. The van der Waals surface area contributed by atoms with E-state index in [0.29, 0.717) is 23.9 Å². The number of allylic oxidation sites excluding steroid dienone is 23. The van der Waals surface area contributed by atoms with E-state index in [1.807, 2.05) is 94.1 Å². The van der Waals surface area contributed by atoms with E-state index in [9.17, 15) is 19.0 Å². The molecule has 0 aromatic carbocycles. The van der Waals surface area contributed by atoms with Gasteiger partial charge in [0.25, 0.3) is 0 Å². The number of nitrogens with one attached hydrogen (secondary N) is 1. The molecule has 9 nitrogen and oxygen atoms in total. The highest BCUT2D eigenvalue weighted by Gasteiger charge is 2.30. The predicted octanol–water partition coefficient (Wildman–Crippen LogP) is 19.0. The minimum Gasteiger partial charge on any atom is -0.456 e. The lowest BCUT2D eigenvalue weighted by molar-refractivity contribution is -0.870. The molecule has 0 heterocycles. The Bertz CT molecular complexity index is 1840. The first-order chi connectivity index (χ1) is 37.9. The lowest BCUT2D eigenvalue weighted by atomic mass is 10.0. The van der Waals surface area contributed by atoms with E-state index in [1.54, 1.807) is 0 Å². The first kappa shape index (κ1) is 73.9. The third-order valence-electron chi connectivity index (χ3n) is 12.7. The Balaban J connectivity index is 5.35. The van der Waals surface area contributed by atoms with Gasteiger partial charge in [-0.25, -0.2) is 4.57 Å². The van der Waals surface area contributed by atoms with Crippen LogP contribution in [0.3, 0.4) is 0 Å². The molecule has 0 rings (SSSR count). The van der Waals surface area contributed by atoms with Crippen molar-refractivity contribution in [1.29, 1.82) is 0 Å². The first-order valence-corrected chi connectivity index (χ1v) is 32.2. The molecule has 3 atom stereocenters. The summed E-state index contributed by atoms with van der Waals surface area (Å²) in [7, 11) is 1.43. The summed E-state index contributed by atoms with van der Waals surface area (Å²) in [5.41, 5.74) is 0. The molecule has 442 valence electrons. The number of quaternary nitrogens is 1. The van der Waals surface area contributed by atoms with E-state index in [4.69, 9.17) is 13.8 Å². The zero-order valence-electron chi connectivity index (χ0n) is 50.3. The van der Waals surface area contributed by atoms with Crippen LogP contribution < -0.4 is 5.32 Å². The number of unbranched alkanes of at least 4 members (excludes halogenated alkanes) is 20. The number of hydrogen-bond donors (Lipinski definition) is 2. The fourth-order valence-electron chi connectivity index (χ4n) is 8.00. The summed E-state index contributed by atoms with van der Waals surface area (Å²) < 4.78 is 30.6. The van der Waals surface area contributed by atoms with Crippen molar-refractivity contribution in [2.45, 2.75) is 232 Å². The number of ether oxygens (including phenoxy) is 1. The summed E-state index contributed by atoms with van der Waals surface area (Å²) in [6.45, 7) is 6.68. The van der Waals surface area contributed by atoms with Gasteiger partial charge in [0.1, 0.15) is 19.3 Å². The van der Waals surface area contributed by atoms with Crippen molar-refractivity contribution in [3.63, 3.8) is 0 Å². The molecule has 0 aliphatic carbocycles. The molecule has 0 bridgehead atoms. The van der Waals surface area contributed by atoms with Crippen molar-refractivity contribution in [2.24, 2.45) is 0 Å². The van der Waals surface area contributed by atoms with Gasteiger partial charge < -0.3 is 19.4 Å². The smallest absolute Gasteiger partial charge is 0.456 e. The largest absolute Gasteiger partial charge is 0.472 e. The number of hydrogen-bond acceptors (Lipinski definition) is 6. The van der Waals surface area contributed by atoms with Gasteiger partial charge in [-0.05, 0) is 96.0 Å². The molecule has 3 unspecified atom stereocenters. The monoisotopic (exact) mass is 1100 g/mol. The van der Waals surface area contributed by atoms with Crippen molar-refractivity contribution < 1.29 is 37.3 Å². The average Bonchev–Trinajstić information content (AvgIpc) is 3.40.